The van der Waals surface area contributed by atoms with Gasteiger partial charge in [-0.3, -0.25) is 4.79 Å². The molecule has 0 saturated carbocycles. The van der Waals surface area contributed by atoms with Gasteiger partial charge in [-0.1, -0.05) is 23.7 Å². The molecule has 2 aromatic rings. The monoisotopic (exact) mass is 339 g/mol. The predicted molar refractivity (Wildman–Crippen MR) is 98.1 cm³/mol. The lowest BCUT2D eigenvalue weighted by Crippen LogP contribution is -2.06. The molecule has 3 N–H and O–H groups in total. The summed E-state index contributed by atoms with van der Waals surface area (Å²) in [6.07, 6.45) is 0. The minimum absolute atomic E-state index is 0.0776. The quantitative estimate of drug-likeness (QED) is 0.801. The van der Waals surface area contributed by atoms with Crippen LogP contribution in [-0.2, 0) is 4.79 Å². The fourth-order valence-corrected chi connectivity index (χ4v) is 2.68. The highest BCUT2D eigenvalue weighted by molar-refractivity contribution is 6.32. The zero-order valence-electron chi connectivity index (χ0n) is 13.8. The number of nitrogens with one attached hydrogen (secondary N) is 1. The van der Waals surface area contributed by atoms with Crippen molar-refractivity contribution in [3.8, 4) is 6.07 Å². The van der Waals surface area contributed by atoms with Crippen molar-refractivity contribution in [2.24, 2.45) is 5.73 Å². The lowest BCUT2D eigenvalue weighted by molar-refractivity contribution is -0.111. The molecule has 0 amide bonds. The van der Waals surface area contributed by atoms with Gasteiger partial charge in [0.1, 0.15) is 6.07 Å². The number of allylic oxidation sites excluding steroid dienone is 2. The summed E-state index contributed by atoms with van der Waals surface area (Å²) in [7, 11) is 0. The molecule has 0 aliphatic rings. The number of hydrogen-bond acceptors (Lipinski definition) is 4. The van der Waals surface area contributed by atoms with Gasteiger partial charge in [-0.15, -0.1) is 0 Å². The highest BCUT2D eigenvalue weighted by Crippen LogP contribution is 2.28. The standard InChI is InChI=1S/C19H18ClN3O/c1-11-4-5-14(19(12(2)22)13(3)24)8-18(11)23-16-7-6-15(10-21)17(20)9-16/h4-9,23H,22H2,1-3H3. The van der Waals surface area contributed by atoms with Crippen LogP contribution in [0.5, 0.6) is 0 Å². The fraction of sp³-hybridized carbons (Fsp3) is 0.158. The van der Waals surface area contributed by atoms with Gasteiger partial charge < -0.3 is 11.1 Å². The van der Waals surface area contributed by atoms with E-state index in [4.69, 9.17) is 22.6 Å². The Kier molecular flexibility index (Phi) is 5.28. The van der Waals surface area contributed by atoms with Crippen molar-refractivity contribution >= 4 is 34.3 Å². The molecule has 0 bridgehead atoms. The third-order valence-electron chi connectivity index (χ3n) is 3.64. The van der Waals surface area contributed by atoms with Crippen LogP contribution in [0.25, 0.3) is 5.57 Å². The summed E-state index contributed by atoms with van der Waals surface area (Å²) in [5, 5.41) is 12.6. The van der Waals surface area contributed by atoms with E-state index in [9.17, 15) is 4.79 Å². The van der Waals surface area contributed by atoms with E-state index in [1.165, 1.54) is 6.92 Å². The van der Waals surface area contributed by atoms with Crippen molar-refractivity contribution in [3.05, 3.63) is 63.8 Å². The number of hydrogen-bond donors (Lipinski definition) is 2. The van der Waals surface area contributed by atoms with Crippen molar-refractivity contribution in [2.75, 3.05) is 5.32 Å². The Morgan fingerprint density at radius 2 is 1.92 bits per heavy atom. The van der Waals surface area contributed by atoms with Crippen LogP contribution >= 0.6 is 11.6 Å². The van der Waals surface area contributed by atoms with Crippen LogP contribution in [-0.4, -0.2) is 5.78 Å². The smallest absolute Gasteiger partial charge is 0.162 e. The summed E-state index contributed by atoms with van der Waals surface area (Å²) in [5.74, 6) is -0.0776. The van der Waals surface area contributed by atoms with Gasteiger partial charge in [0.15, 0.2) is 5.78 Å². The number of carbonyl (C=O) groups is 1. The summed E-state index contributed by atoms with van der Waals surface area (Å²) in [6, 6.07) is 12.9. The first-order valence-electron chi connectivity index (χ1n) is 7.38. The Morgan fingerprint density at radius 3 is 2.46 bits per heavy atom. The van der Waals surface area contributed by atoms with E-state index in [2.05, 4.69) is 5.32 Å². The first-order valence-corrected chi connectivity index (χ1v) is 7.76. The van der Waals surface area contributed by atoms with E-state index in [1.54, 1.807) is 25.1 Å². The number of benzene rings is 2. The van der Waals surface area contributed by atoms with Crippen LogP contribution in [0.1, 0.15) is 30.5 Å². The molecular formula is C19H18ClN3O. The van der Waals surface area contributed by atoms with Gasteiger partial charge in [-0.25, -0.2) is 0 Å². The van der Waals surface area contributed by atoms with Crippen LogP contribution in [0, 0.1) is 18.3 Å². The molecule has 0 unspecified atom stereocenters. The molecule has 0 aliphatic carbocycles. The Hall–Kier alpha value is -2.77. The minimum atomic E-state index is -0.0776. The van der Waals surface area contributed by atoms with E-state index in [1.807, 2.05) is 31.2 Å². The summed E-state index contributed by atoms with van der Waals surface area (Å²) in [6.45, 7) is 5.17. The van der Waals surface area contributed by atoms with Gasteiger partial charge in [0.05, 0.1) is 10.6 Å². The number of nitrogens with zero attached hydrogens (tertiary/aromatic N) is 1. The number of carbonyl (C=O) groups excluding carboxylic acids is 1. The summed E-state index contributed by atoms with van der Waals surface area (Å²) in [5.41, 5.74) is 10.6. The van der Waals surface area contributed by atoms with Gasteiger partial charge in [0, 0.05) is 22.6 Å². The zero-order valence-corrected chi connectivity index (χ0v) is 14.5. The molecule has 0 spiro atoms. The van der Waals surface area contributed by atoms with Gasteiger partial charge in [-0.2, -0.15) is 5.26 Å². The SMILES string of the molecule is CC(=O)C(=C(C)N)c1ccc(C)c(Nc2ccc(C#N)c(Cl)c2)c1. The number of halogens is 1. The maximum atomic E-state index is 11.8. The summed E-state index contributed by atoms with van der Waals surface area (Å²) < 4.78 is 0. The summed E-state index contributed by atoms with van der Waals surface area (Å²) in [4.78, 5) is 11.8. The number of anilines is 2. The number of Topliss-reactive ketones (excluding diaryl/α,β-unsaturated/α-hetero) is 1. The molecule has 24 heavy (non-hydrogen) atoms. The molecule has 0 aromatic heterocycles. The van der Waals surface area contributed by atoms with E-state index in [-0.39, 0.29) is 5.78 Å². The van der Waals surface area contributed by atoms with Crippen molar-refractivity contribution in [1.29, 1.82) is 5.26 Å². The maximum Gasteiger partial charge on any atom is 0.162 e. The average Bonchev–Trinajstić information content (AvgIpc) is 2.50. The van der Waals surface area contributed by atoms with Crippen molar-refractivity contribution in [1.82, 2.24) is 0 Å². The average molecular weight is 340 g/mol. The van der Waals surface area contributed by atoms with E-state index >= 15 is 0 Å². The van der Waals surface area contributed by atoms with Crippen molar-refractivity contribution in [3.63, 3.8) is 0 Å². The first kappa shape index (κ1) is 17.6. The molecule has 5 heteroatoms. The molecule has 2 aromatic carbocycles. The Balaban J connectivity index is 2.43. The van der Waals surface area contributed by atoms with Gasteiger partial charge in [0.2, 0.25) is 0 Å². The third kappa shape index (κ3) is 3.76. The van der Waals surface area contributed by atoms with Crippen LogP contribution < -0.4 is 11.1 Å². The number of rotatable bonds is 4. The van der Waals surface area contributed by atoms with E-state index in [0.717, 1.165) is 22.5 Å². The van der Waals surface area contributed by atoms with Gasteiger partial charge in [-0.05, 0) is 56.2 Å². The Morgan fingerprint density at radius 1 is 1.21 bits per heavy atom. The van der Waals surface area contributed by atoms with Crippen LogP contribution in [0.4, 0.5) is 11.4 Å². The zero-order chi connectivity index (χ0) is 17.9. The van der Waals surface area contributed by atoms with Gasteiger partial charge >= 0.3 is 0 Å². The van der Waals surface area contributed by atoms with Crippen LogP contribution in [0.3, 0.4) is 0 Å². The number of ketones is 1. The summed E-state index contributed by atoms with van der Waals surface area (Å²) >= 11 is 6.07. The largest absolute Gasteiger partial charge is 0.402 e. The number of nitriles is 1. The van der Waals surface area contributed by atoms with Crippen LogP contribution in [0.15, 0.2) is 42.1 Å². The second-order valence-electron chi connectivity index (χ2n) is 5.58. The molecule has 0 fully saturated rings. The topological polar surface area (TPSA) is 78.9 Å². The lowest BCUT2D eigenvalue weighted by atomic mass is 9.98. The number of nitrogens with two attached hydrogens (primary N) is 1. The molecule has 0 heterocycles. The molecule has 122 valence electrons. The minimum Gasteiger partial charge on any atom is -0.402 e. The van der Waals surface area contributed by atoms with E-state index in [0.29, 0.717) is 21.9 Å². The second-order valence-corrected chi connectivity index (χ2v) is 5.98. The Bertz CT molecular complexity index is 875. The van der Waals surface area contributed by atoms with Crippen molar-refractivity contribution < 1.29 is 4.79 Å². The maximum absolute atomic E-state index is 11.8. The molecule has 0 atom stereocenters. The third-order valence-corrected chi connectivity index (χ3v) is 3.95. The predicted octanol–water partition coefficient (Wildman–Crippen LogP) is 4.54. The van der Waals surface area contributed by atoms with Gasteiger partial charge in [0.25, 0.3) is 0 Å². The first-order chi connectivity index (χ1) is 11.3. The highest BCUT2D eigenvalue weighted by atomic mass is 35.5. The molecule has 0 saturated heterocycles. The van der Waals surface area contributed by atoms with Crippen LogP contribution in [0.2, 0.25) is 5.02 Å². The molecular weight excluding hydrogens is 322 g/mol. The highest BCUT2D eigenvalue weighted by Gasteiger charge is 2.12. The Labute approximate surface area is 146 Å². The molecule has 0 aliphatic heterocycles. The molecule has 4 nitrogen and oxygen atoms in total. The molecule has 0 radical (unpaired) electrons. The lowest BCUT2D eigenvalue weighted by Gasteiger charge is -2.14. The van der Waals surface area contributed by atoms with E-state index < -0.39 is 0 Å². The normalized spacial score (nSPS) is 11.5. The number of aryl methyl sites for hydroxylation is 1. The second kappa shape index (κ2) is 7.20. The molecule has 2 rings (SSSR count). The fourth-order valence-electron chi connectivity index (χ4n) is 2.46. The van der Waals surface area contributed by atoms with Crippen molar-refractivity contribution in [2.45, 2.75) is 20.8 Å².